The minimum Gasteiger partial charge on any atom is -0.466 e. The number of halogens is 1. The van der Waals surface area contributed by atoms with Gasteiger partial charge >= 0.3 is 11.9 Å². The molecule has 0 fully saturated rings. The summed E-state index contributed by atoms with van der Waals surface area (Å²) in [6.45, 7) is 4.38. The Hall–Kier alpha value is -2.62. The van der Waals surface area contributed by atoms with Gasteiger partial charge < -0.3 is 30.6 Å². The number of hydrogen-bond acceptors (Lipinski definition) is 7. The van der Waals surface area contributed by atoms with Crippen molar-refractivity contribution in [2.75, 3.05) is 33.5 Å². The highest BCUT2D eigenvalue weighted by Crippen LogP contribution is 2.41. The van der Waals surface area contributed by atoms with Crippen molar-refractivity contribution in [2.24, 2.45) is 5.73 Å². The largest absolute Gasteiger partial charge is 0.466 e. The average molecular weight is 468 g/mol. The first-order valence-corrected chi connectivity index (χ1v) is 10.4. The van der Waals surface area contributed by atoms with Gasteiger partial charge in [0.1, 0.15) is 0 Å². The summed E-state index contributed by atoms with van der Waals surface area (Å²) in [6.07, 6.45) is 0. The van der Waals surface area contributed by atoms with Gasteiger partial charge in [-0.15, -0.1) is 0 Å². The van der Waals surface area contributed by atoms with Gasteiger partial charge in [0, 0.05) is 17.3 Å². The molecular formula is C21H26ClN3O5S. The minimum absolute atomic E-state index is 0.0694. The van der Waals surface area contributed by atoms with Crippen molar-refractivity contribution in [1.82, 2.24) is 10.6 Å². The summed E-state index contributed by atoms with van der Waals surface area (Å²) in [7, 11) is 1.29. The normalized spacial score (nSPS) is 15.9. The summed E-state index contributed by atoms with van der Waals surface area (Å²) in [5.41, 5.74) is 7.51. The SMILES string of the molecule is CCOC(=O)C1=C(COCCNC(N)=S)NC(C)=C(C(=O)OC)C1c1ccccc1Cl. The Morgan fingerprint density at radius 1 is 1.26 bits per heavy atom. The van der Waals surface area contributed by atoms with Gasteiger partial charge in [0.2, 0.25) is 0 Å². The Labute approximate surface area is 191 Å². The van der Waals surface area contributed by atoms with Crippen LogP contribution in [0.25, 0.3) is 0 Å². The number of benzene rings is 1. The third kappa shape index (κ3) is 6.19. The van der Waals surface area contributed by atoms with E-state index in [4.69, 9.17) is 43.8 Å². The average Bonchev–Trinajstić information content (AvgIpc) is 2.72. The number of dihydropyridines is 1. The van der Waals surface area contributed by atoms with Crippen LogP contribution in [-0.2, 0) is 23.8 Å². The number of hydrogen-bond donors (Lipinski definition) is 3. The summed E-state index contributed by atoms with van der Waals surface area (Å²) in [5.74, 6) is -1.93. The number of nitrogens with one attached hydrogen (secondary N) is 2. The molecule has 1 aromatic rings. The molecule has 1 atom stereocenters. The molecule has 0 aliphatic carbocycles. The number of rotatable bonds is 9. The Balaban J connectivity index is 2.52. The molecule has 1 heterocycles. The number of nitrogens with two attached hydrogens (primary N) is 1. The molecule has 1 aliphatic rings. The van der Waals surface area contributed by atoms with Crippen molar-refractivity contribution in [1.29, 1.82) is 0 Å². The highest BCUT2D eigenvalue weighted by Gasteiger charge is 2.39. The zero-order valence-electron chi connectivity index (χ0n) is 17.6. The molecule has 10 heteroatoms. The number of thiocarbonyl (C=S) groups is 1. The van der Waals surface area contributed by atoms with Crippen LogP contribution in [0.1, 0.15) is 25.3 Å². The van der Waals surface area contributed by atoms with E-state index in [0.717, 1.165) is 0 Å². The fourth-order valence-electron chi connectivity index (χ4n) is 3.28. The first-order valence-electron chi connectivity index (χ1n) is 9.63. The smallest absolute Gasteiger partial charge is 0.336 e. The highest BCUT2D eigenvalue weighted by molar-refractivity contribution is 7.80. The standard InChI is InChI=1S/C21H26ClN3O5S/c1-4-30-20(27)18-15(11-29-10-9-24-21(23)31)25-12(2)16(19(26)28-3)17(18)13-7-5-6-8-14(13)22/h5-8,17,25H,4,9-11H2,1-3H3,(H3,23,24,31). The van der Waals surface area contributed by atoms with Crippen LogP contribution in [0.4, 0.5) is 0 Å². The van der Waals surface area contributed by atoms with Gasteiger partial charge in [-0.3, -0.25) is 0 Å². The molecule has 0 aromatic heterocycles. The molecule has 0 saturated heterocycles. The van der Waals surface area contributed by atoms with Gasteiger partial charge in [-0.05, 0) is 37.7 Å². The van der Waals surface area contributed by atoms with Crippen molar-refractivity contribution >= 4 is 40.9 Å². The Kier molecular flexibility index (Phi) is 9.29. The number of ether oxygens (including phenoxy) is 3. The first kappa shape index (κ1) is 24.6. The van der Waals surface area contributed by atoms with Gasteiger partial charge in [-0.25, -0.2) is 9.59 Å². The molecule has 168 valence electrons. The first-order chi connectivity index (χ1) is 14.8. The maximum absolute atomic E-state index is 13.0. The highest BCUT2D eigenvalue weighted by atomic mass is 35.5. The van der Waals surface area contributed by atoms with E-state index in [-0.39, 0.29) is 29.5 Å². The lowest BCUT2D eigenvalue weighted by atomic mass is 9.80. The predicted molar refractivity (Wildman–Crippen MR) is 121 cm³/mol. The third-order valence-electron chi connectivity index (χ3n) is 4.55. The van der Waals surface area contributed by atoms with E-state index in [9.17, 15) is 9.59 Å². The zero-order chi connectivity index (χ0) is 23.0. The Morgan fingerprint density at radius 3 is 2.58 bits per heavy atom. The van der Waals surface area contributed by atoms with Gasteiger partial charge in [0.25, 0.3) is 0 Å². The molecule has 31 heavy (non-hydrogen) atoms. The maximum atomic E-state index is 13.0. The summed E-state index contributed by atoms with van der Waals surface area (Å²) in [5, 5.41) is 6.48. The van der Waals surface area contributed by atoms with Crippen LogP contribution in [-0.4, -0.2) is 50.5 Å². The van der Waals surface area contributed by atoms with E-state index < -0.39 is 17.9 Å². The quantitative estimate of drug-likeness (QED) is 0.285. The van der Waals surface area contributed by atoms with Crippen molar-refractivity contribution in [3.8, 4) is 0 Å². The van der Waals surface area contributed by atoms with E-state index in [2.05, 4.69) is 10.6 Å². The van der Waals surface area contributed by atoms with Crippen LogP contribution in [0.2, 0.25) is 5.02 Å². The number of carbonyl (C=O) groups is 2. The molecule has 1 unspecified atom stereocenters. The summed E-state index contributed by atoms with van der Waals surface area (Å²) >= 11 is 11.2. The molecule has 0 saturated carbocycles. The van der Waals surface area contributed by atoms with E-state index in [1.807, 2.05) is 0 Å². The van der Waals surface area contributed by atoms with Crippen LogP contribution in [0, 0.1) is 0 Å². The van der Waals surface area contributed by atoms with E-state index >= 15 is 0 Å². The lowest BCUT2D eigenvalue weighted by Crippen LogP contribution is -2.35. The predicted octanol–water partition coefficient (Wildman–Crippen LogP) is 2.14. The van der Waals surface area contributed by atoms with Crippen molar-refractivity contribution < 1.29 is 23.8 Å². The van der Waals surface area contributed by atoms with Gasteiger partial charge in [-0.1, -0.05) is 29.8 Å². The lowest BCUT2D eigenvalue weighted by molar-refractivity contribution is -0.139. The van der Waals surface area contributed by atoms with Crippen molar-refractivity contribution in [3.63, 3.8) is 0 Å². The molecule has 2 rings (SSSR count). The second-order valence-corrected chi connectivity index (χ2v) is 7.41. The number of esters is 2. The van der Waals surface area contributed by atoms with Crippen LogP contribution in [0.15, 0.2) is 46.8 Å². The Bertz CT molecular complexity index is 916. The lowest BCUT2D eigenvalue weighted by Gasteiger charge is -2.31. The number of allylic oxidation sites excluding steroid dienone is 1. The minimum atomic E-state index is -0.783. The van der Waals surface area contributed by atoms with E-state index in [1.165, 1.54) is 7.11 Å². The van der Waals surface area contributed by atoms with E-state index in [1.54, 1.807) is 38.1 Å². The fraction of sp³-hybridized carbons (Fsp3) is 0.381. The van der Waals surface area contributed by atoms with Crippen LogP contribution in [0.3, 0.4) is 0 Å². The third-order valence-corrected chi connectivity index (χ3v) is 5.04. The summed E-state index contributed by atoms with van der Waals surface area (Å²) in [4.78, 5) is 25.7. The molecule has 1 aliphatic heterocycles. The van der Waals surface area contributed by atoms with Crippen LogP contribution >= 0.6 is 23.8 Å². The molecule has 0 spiro atoms. The fourth-order valence-corrected chi connectivity index (χ4v) is 3.63. The molecule has 4 N–H and O–H groups in total. The van der Waals surface area contributed by atoms with Crippen molar-refractivity contribution in [2.45, 2.75) is 19.8 Å². The van der Waals surface area contributed by atoms with Gasteiger partial charge in [-0.2, -0.15) is 0 Å². The second kappa shape index (κ2) is 11.7. The summed E-state index contributed by atoms with van der Waals surface area (Å²) < 4.78 is 16.0. The summed E-state index contributed by atoms with van der Waals surface area (Å²) in [6, 6.07) is 7.02. The molecule has 0 radical (unpaired) electrons. The molecule has 0 amide bonds. The van der Waals surface area contributed by atoms with Crippen LogP contribution in [0.5, 0.6) is 0 Å². The second-order valence-electron chi connectivity index (χ2n) is 6.57. The zero-order valence-corrected chi connectivity index (χ0v) is 19.2. The molecule has 0 bridgehead atoms. The number of methoxy groups -OCH3 is 1. The van der Waals surface area contributed by atoms with Gasteiger partial charge in [0.15, 0.2) is 5.11 Å². The van der Waals surface area contributed by atoms with Crippen LogP contribution < -0.4 is 16.4 Å². The maximum Gasteiger partial charge on any atom is 0.336 e. The number of carbonyl (C=O) groups excluding carboxylic acids is 2. The Morgan fingerprint density at radius 2 is 1.97 bits per heavy atom. The molecular weight excluding hydrogens is 442 g/mol. The topological polar surface area (TPSA) is 112 Å². The molecule has 1 aromatic carbocycles. The monoisotopic (exact) mass is 467 g/mol. The molecule has 8 nitrogen and oxygen atoms in total. The van der Waals surface area contributed by atoms with E-state index in [0.29, 0.717) is 35.1 Å². The van der Waals surface area contributed by atoms with Gasteiger partial charge in [0.05, 0.1) is 49.7 Å². The van der Waals surface area contributed by atoms with Crippen molar-refractivity contribution in [3.05, 3.63) is 57.4 Å².